The van der Waals surface area contributed by atoms with E-state index in [0.29, 0.717) is 12.2 Å². The quantitative estimate of drug-likeness (QED) is 0.346. The molecule has 0 bridgehead atoms. The number of aryl methyl sites for hydroxylation is 1. The van der Waals surface area contributed by atoms with Crippen molar-refractivity contribution in [3.63, 3.8) is 0 Å². The van der Waals surface area contributed by atoms with Crippen molar-refractivity contribution >= 4 is 29.9 Å². The SMILES string of the molecule is CN=C(NCC1C2CCc3ccccc3C21)N1CCC(OCC2CCCCO2)CC1.I. The largest absolute Gasteiger partial charge is 0.376 e. The first-order valence-electron chi connectivity index (χ1n) is 12.1. The molecule has 5 nitrogen and oxygen atoms in total. The van der Waals surface area contributed by atoms with Crippen LogP contribution in [0, 0.1) is 11.8 Å². The molecular formula is C25H38IN3O2. The van der Waals surface area contributed by atoms with Crippen molar-refractivity contribution in [2.75, 3.05) is 39.9 Å². The maximum Gasteiger partial charge on any atom is 0.193 e. The molecule has 5 rings (SSSR count). The standard InChI is InChI=1S/C25H37N3O2.HI/c1-26-25(27-16-23-22-10-9-18-6-2-3-8-21(18)24(22)23)28-13-11-19(12-14-28)30-17-20-7-4-5-15-29-20;/h2-3,6,8,19-20,22-24H,4-5,7,9-17H2,1H3,(H,26,27);1H. The highest BCUT2D eigenvalue weighted by atomic mass is 127. The average Bonchev–Trinajstić information content (AvgIpc) is 3.53. The van der Waals surface area contributed by atoms with Gasteiger partial charge >= 0.3 is 0 Å². The number of nitrogens with zero attached hydrogens (tertiary/aromatic N) is 2. The molecule has 2 heterocycles. The molecule has 31 heavy (non-hydrogen) atoms. The van der Waals surface area contributed by atoms with Crippen LogP contribution >= 0.6 is 24.0 Å². The van der Waals surface area contributed by atoms with Crippen molar-refractivity contribution in [2.24, 2.45) is 16.8 Å². The summed E-state index contributed by atoms with van der Waals surface area (Å²) in [5, 5.41) is 3.70. The van der Waals surface area contributed by atoms with Gasteiger partial charge in [-0.3, -0.25) is 4.99 Å². The Bertz CT molecular complexity index is 744. The molecule has 6 heteroatoms. The summed E-state index contributed by atoms with van der Waals surface area (Å²) in [6.07, 6.45) is 9.08. The van der Waals surface area contributed by atoms with Crippen LogP contribution in [0.2, 0.25) is 0 Å². The summed E-state index contributed by atoms with van der Waals surface area (Å²) >= 11 is 0. The molecule has 0 spiro atoms. The van der Waals surface area contributed by atoms with Crippen LogP contribution in [0.5, 0.6) is 0 Å². The number of hydrogen-bond acceptors (Lipinski definition) is 3. The number of aliphatic imine (C=N–C) groups is 1. The average molecular weight is 540 g/mol. The van der Waals surface area contributed by atoms with E-state index < -0.39 is 0 Å². The van der Waals surface area contributed by atoms with Crippen LogP contribution in [0.3, 0.4) is 0 Å². The zero-order valence-electron chi connectivity index (χ0n) is 18.8. The fourth-order valence-corrected chi connectivity index (χ4v) is 5.95. The van der Waals surface area contributed by atoms with Crippen LogP contribution in [0.1, 0.15) is 55.6 Å². The Morgan fingerprint density at radius 3 is 2.77 bits per heavy atom. The highest BCUT2D eigenvalue weighted by Gasteiger charge is 2.52. The van der Waals surface area contributed by atoms with Crippen molar-refractivity contribution in [1.29, 1.82) is 0 Å². The lowest BCUT2D eigenvalue weighted by Gasteiger charge is -2.35. The van der Waals surface area contributed by atoms with Gasteiger partial charge < -0.3 is 19.7 Å². The minimum absolute atomic E-state index is 0. The highest BCUT2D eigenvalue weighted by Crippen LogP contribution is 2.59. The van der Waals surface area contributed by atoms with Crippen molar-refractivity contribution in [3.05, 3.63) is 35.4 Å². The molecule has 4 unspecified atom stereocenters. The second-order valence-electron chi connectivity index (χ2n) is 9.53. The van der Waals surface area contributed by atoms with Crippen molar-refractivity contribution in [2.45, 2.75) is 63.1 Å². The van der Waals surface area contributed by atoms with Crippen LogP contribution in [0.25, 0.3) is 0 Å². The summed E-state index contributed by atoms with van der Waals surface area (Å²) in [5.41, 5.74) is 3.18. The molecule has 0 aromatic heterocycles. The van der Waals surface area contributed by atoms with Crippen LogP contribution in [-0.4, -0.2) is 63.0 Å². The Labute approximate surface area is 204 Å². The molecule has 1 N–H and O–H groups in total. The van der Waals surface area contributed by atoms with E-state index in [1.165, 1.54) is 25.7 Å². The number of halogens is 1. The second kappa shape index (κ2) is 10.8. The minimum Gasteiger partial charge on any atom is -0.376 e. The maximum atomic E-state index is 6.18. The summed E-state index contributed by atoms with van der Waals surface area (Å²) < 4.78 is 12.0. The molecule has 4 aliphatic rings. The van der Waals surface area contributed by atoms with Crippen molar-refractivity contribution in [3.8, 4) is 0 Å². The Kier molecular flexibility index (Phi) is 8.15. The topological polar surface area (TPSA) is 46.1 Å². The second-order valence-corrected chi connectivity index (χ2v) is 9.53. The maximum absolute atomic E-state index is 6.18. The van der Waals surface area contributed by atoms with Gasteiger partial charge in [0.25, 0.3) is 0 Å². The molecule has 1 saturated carbocycles. The zero-order chi connectivity index (χ0) is 20.3. The number of ether oxygens (including phenoxy) is 2. The third-order valence-electron chi connectivity index (χ3n) is 7.73. The number of hydrogen-bond donors (Lipinski definition) is 1. The fraction of sp³-hybridized carbons (Fsp3) is 0.720. The first kappa shape index (κ1) is 23.3. The lowest BCUT2D eigenvalue weighted by atomic mass is 9.92. The summed E-state index contributed by atoms with van der Waals surface area (Å²) in [4.78, 5) is 7.00. The molecule has 0 radical (unpaired) electrons. The van der Waals surface area contributed by atoms with E-state index in [9.17, 15) is 0 Å². The van der Waals surface area contributed by atoms with E-state index in [-0.39, 0.29) is 24.0 Å². The molecule has 2 aliphatic carbocycles. The minimum atomic E-state index is 0. The number of nitrogens with one attached hydrogen (secondary N) is 1. The molecule has 2 saturated heterocycles. The predicted octanol–water partition coefficient (Wildman–Crippen LogP) is 4.21. The van der Waals surface area contributed by atoms with Crippen molar-refractivity contribution < 1.29 is 9.47 Å². The first-order valence-corrected chi connectivity index (χ1v) is 12.1. The van der Waals surface area contributed by atoms with E-state index in [2.05, 4.69) is 39.5 Å². The number of fused-ring (bicyclic) bond motifs is 3. The predicted molar refractivity (Wildman–Crippen MR) is 135 cm³/mol. The van der Waals surface area contributed by atoms with Gasteiger partial charge in [0.1, 0.15) is 0 Å². The van der Waals surface area contributed by atoms with Crippen LogP contribution in [0.4, 0.5) is 0 Å². The number of benzene rings is 1. The lowest BCUT2D eigenvalue weighted by molar-refractivity contribution is -0.0721. The third kappa shape index (κ3) is 5.38. The molecule has 2 aliphatic heterocycles. The molecule has 3 fully saturated rings. The van der Waals surface area contributed by atoms with Crippen LogP contribution < -0.4 is 5.32 Å². The summed E-state index contributed by atoms with van der Waals surface area (Å²) in [6.45, 7) is 4.77. The molecule has 172 valence electrons. The highest BCUT2D eigenvalue weighted by molar-refractivity contribution is 14.0. The Morgan fingerprint density at radius 1 is 1.16 bits per heavy atom. The zero-order valence-corrected chi connectivity index (χ0v) is 21.1. The number of likely N-dealkylation sites (tertiary alicyclic amines) is 1. The van der Waals surface area contributed by atoms with E-state index in [4.69, 9.17) is 9.47 Å². The van der Waals surface area contributed by atoms with E-state index in [1.807, 2.05) is 7.05 Å². The van der Waals surface area contributed by atoms with Gasteiger partial charge in [-0.05, 0) is 73.8 Å². The van der Waals surface area contributed by atoms with Crippen LogP contribution in [-0.2, 0) is 15.9 Å². The monoisotopic (exact) mass is 539 g/mol. The van der Waals surface area contributed by atoms with Gasteiger partial charge in [0.15, 0.2) is 5.96 Å². The summed E-state index contributed by atoms with van der Waals surface area (Å²) in [5.74, 6) is 3.47. The number of guanidine groups is 1. The third-order valence-corrected chi connectivity index (χ3v) is 7.73. The summed E-state index contributed by atoms with van der Waals surface area (Å²) in [6, 6.07) is 9.06. The fourth-order valence-electron chi connectivity index (χ4n) is 5.95. The summed E-state index contributed by atoms with van der Waals surface area (Å²) in [7, 11) is 1.92. The lowest BCUT2D eigenvalue weighted by Crippen LogP contribution is -2.47. The molecule has 1 aromatic carbocycles. The first-order chi connectivity index (χ1) is 14.8. The van der Waals surface area contributed by atoms with Gasteiger partial charge in [-0.25, -0.2) is 0 Å². The molecule has 1 aromatic rings. The molecule has 0 amide bonds. The van der Waals surface area contributed by atoms with Gasteiger partial charge in [0.2, 0.25) is 0 Å². The number of piperidine rings is 1. The Balaban J connectivity index is 0.00000231. The van der Waals surface area contributed by atoms with Gasteiger partial charge in [0, 0.05) is 33.3 Å². The Morgan fingerprint density at radius 2 is 2.00 bits per heavy atom. The van der Waals surface area contributed by atoms with Crippen molar-refractivity contribution in [1.82, 2.24) is 10.2 Å². The van der Waals surface area contributed by atoms with Gasteiger partial charge in [-0.2, -0.15) is 0 Å². The van der Waals surface area contributed by atoms with Crippen LogP contribution in [0.15, 0.2) is 29.3 Å². The van der Waals surface area contributed by atoms with E-state index in [0.717, 1.165) is 75.8 Å². The Hall–Kier alpha value is -0.860. The number of rotatable bonds is 5. The van der Waals surface area contributed by atoms with E-state index in [1.54, 1.807) is 11.1 Å². The van der Waals surface area contributed by atoms with Gasteiger partial charge in [-0.15, -0.1) is 24.0 Å². The van der Waals surface area contributed by atoms with Gasteiger partial charge in [0.05, 0.1) is 18.8 Å². The molecule has 4 atom stereocenters. The van der Waals surface area contributed by atoms with E-state index >= 15 is 0 Å². The smallest absolute Gasteiger partial charge is 0.193 e. The molecular weight excluding hydrogens is 501 g/mol. The van der Waals surface area contributed by atoms with Gasteiger partial charge in [-0.1, -0.05) is 24.3 Å². The normalized spacial score (nSPS) is 30.7.